The summed E-state index contributed by atoms with van der Waals surface area (Å²) in [6, 6.07) is 23.0. The lowest BCUT2D eigenvalue weighted by Crippen LogP contribution is -1.93. The lowest BCUT2D eigenvalue weighted by atomic mass is 9.98. The Morgan fingerprint density at radius 3 is 2.23 bits per heavy atom. The number of rotatable bonds is 4. The molecule has 0 radical (unpaired) electrons. The van der Waals surface area contributed by atoms with Crippen LogP contribution in [0.4, 0.5) is 4.39 Å². The van der Waals surface area contributed by atoms with Crippen LogP contribution >= 0.6 is 0 Å². The first-order valence-electron chi connectivity index (χ1n) is 7.23. The van der Waals surface area contributed by atoms with Gasteiger partial charge in [-0.15, -0.1) is 0 Å². The molecule has 0 aliphatic carbocycles. The fourth-order valence-corrected chi connectivity index (χ4v) is 2.55. The van der Waals surface area contributed by atoms with E-state index in [1.165, 1.54) is 23.3 Å². The minimum Gasteiger partial charge on any atom is -0.496 e. The topological polar surface area (TPSA) is 9.23 Å². The van der Waals surface area contributed by atoms with Gasteiger partial charge in [0.1, 0.15) is 11.6 Å². The summed E-state index contributed by atoms with van der Waals surface area (Å²) in [4.78, 5) is 0. The molecule has 0 bridgehead atoms. The van der Waals surface area contributed by atoms with Crippen LogP contribution < -0.4 is 4.74 Å². The molecule has 0 amide bonds. The van der Waals surface area contributed by atoms with Gasteiger partial charge < -0.3 is 4.74 Å². The van der Waals surface area contributed by atoms with Crippen molar-refractivity contribution in [2.24, 2.45) is 0 Å². The van der Waals surface area contributed by atoms with Crippen LogP contribution in [0.2, 0.25) is 0 Å². The fraction of sp³-hybridized carbons (Fsp3) is 0.100. The molecule has 0 spiro atoms. The summed E-state index contributed by atoms with van der Waals surface area (Å²) in [5.74, 6) is 0.562. The maximum atomic E-state index is 13.1. The van der Waals surface area contributed by atoms with Crippen molar-refractivity contribution in [3.05, 3.63) is 89.7 Å². The van der Waals surface area contributed by atoms with Crippen molar-refractivity contribution >= 4 is 0 Å². The Morgan fingerprint density at radius 2 is 1.55 bits per heavy atom. The monoisotopic (exact) mass is 292 g/mol. The number of benzene rings is 3. The van der Waals surface area contributed by atoms with Crippen molar-refractivity contribution in [2.75, 3.05) is 7.11 Å². The Hall–Kier alpha value is -2.61. The molecule has 3 rings (SSSR count). The quantitative estimate of drug-likeness (QED) is 0.650. The minimum absolute atomic E-state index is 0.233. The highest BCUT2D eigenvalue weighted by atomic mass is 19.1. The van der Waals surface area contributed by atoms with E-state index in [-0.39, 0.29) is 5.82 Å². The Morgan fingerprint density at radius 1 is 0.818 bits per heavy atom. The van der Waals surface area contributed by atoms with Gasteiger partial charge in [-0.05, 0) is 47.4 Å². The van der Waals surface area contributed by atoms with E-state index >= 15 is 0 Å². The molecule has 2 heteroatoms. The average Bonchev–Trinajstić information content (AvgIpc) is 2.56. The SMILES string of the molecule is COc1ccc(Cc2ccccc2)cc1-c1ccc(F)cc1. The van der Waals surface area contributed by atoms with Crippen LogP contribution in [0.3, 0.4) is 0 Å². The van der Waals surface area contributed by atoms with E-state index in [2.05, 4.69) is 24.3 Å². The molecule has 0 fully saturated rings. The molecule has 0 N–H and O–H groups in total. The van der Waals surface area contributed by atoms with E-state index in [1.54, 1.807) is 19.2 Å². The number of ether oxygens (including phenoxy) is 1. The lowest BCUT2D eigenvalue weighted by Gasteiger charge is -2.11. The van der Waals surface area contributed by atoms with Gasteiger partial charge in [0, 0.05) is 5.56 Å². The number of halogens is 1. The summed E-state index contributed by atoms with van der Waals surface area (Å²) < 4.78 is 18.6. The Kier molecular flexibility index (Phi) is 4.19. The Balaban J connectivity index is 1.97. The Bertz CT molecular complexity index is 748. The zero-order valence-corrected chi connectivity index (χ0v) is 12.4. The third-order valence-electron chi connectivity index (χ3n) is 3.67. The lowest BCUT2D eigenvalue weighted by molar-refractivity contribution is 0.416. The summed E-state index contributed by atoms with van der Waals surface area (Å²) >= 11 is 0. The molecule has 3 aromatic rings. The van der Waals surface area contributed by atoms with Crippen molar-refractivity contribution in [1.82, 2.24) is 0 Å². The summed E-state index contributed by atoms with van der Waals surface area (Å²) in [6.45, 7) is 0. The number of hydrogen-bond donors (Lipinski definition) is 0. The third kappa shape index (κ3) is 3.17. The molecule has 110 valence electrons. The van der Waals surface area contributed by atoms with Gasteiger partial charge in [0.25, 0.3) is 0 Å². The van der Waals surface area contributed by atoms with E-state index < -0.39 is 0 Å². The van der Waals surface area contributed by atoms with Crippen LogP contribution in [-0.4, -0.2) is 7.11 Å². The second-order valence-corrected chi connectivity index (χ2v) is 5.20. The highest BCUT2D eigenvalue weighted by molar-refractivity contribution is 5.71. The van der Waals surface area contributed by atoms with E-state index in [0.29, 0.717) is 0 Å². The number of methoxy groups -OCH3 is 1. The summed E-state index contributed by atoms with van der Waals surface area (Å²) in [6.07, 6.45) is 0.860. The predicted molar refractivity (Wildman–Crippen MR) is 87.6 cm³/mol. The normalized spacial score (nSPS) is 10.5. The van der Waals surface area contributed by atoms with E-state index in [1.807, 2.05) is 24.3 Å². The maximum absolute atomic E-state index is 13.1. The van der Waals surface area contributed by atoms with Crippen molar-refractivity contribution in [2.45, 2.75) is 6.42 Å². The van der Waals surface area contributed by atoms with Crippen molar-refractivity contribution in [1.29, 1.82) is 0 Å². The van der Waals surface area contributed by atoms with Crippen molar-refractivity contribution < 1.29 is 9.13 Å². The summed E-state index contributed by atoms with van der Waals surface area (Å²) in [5.41, 5.74) is 4.40. The minimum atomic E-state index is -0.233. The summed E-state index contributed by atoms with van der Waals surface area (Å²) in [5, 5.41) is 0. The standard InChI is InChI=1S/C20H17FO/c1-22-20-12-7-16(13-15-5-3-2-4-6-15)14-19(20)17-8-10-18(21)11-9-17/h2-12,14H,13H2,1H3. The molecule has 22 heavy (non-hydrogen) atoms. The van der Waals surface area contributed by atoms with Gasteiger partial charge in [-0.25, -0.2) is 4.39 Å². The van der Waals surface area contributed by atoms with E-state index in [0.717, 1.165) is 23.3 Å². The van der Waals surface area contributed by atoms with Crippen LogP contribution in [0.25, 0.3) is 11.1 Å². The first kappa shape index (κ1) is 14.3. The van der Waals surface area contributed by atoms with Gasteiger partial charge in [0.15, 0.2) is 0 Å². The van der Waals surface area contributed by atoms with Gasteiger partial charge in [-0.3, -0.25) is 0 Å². The highest BCUT2D eigenvalue weighted by Crippen LogP contribution is 2.31. The second kappa shape index (κ2) is 6.44. The molecule has 3 aromatic carbocycles. The average molecular weight is 292 g/mol. The van der Waals surface area contributed by atoms with Gasteiger partial charge >= 0.3 is 0 Å². The Labute approximate surface area is 130 Å². The zero-order valence-electron chi connectivity index (χ0n) is 12.4. The zero-order chi connectivity index (χ0) is 15.4. The molecule has 0 saturated carbocycles. The van der Waals surface area contributed by atoms with Crippen molar-refractivity contribution in [3.8, 4) is 16.9 Å². The first-order chi connectivity index (χ1) is 10.8. The third-order valence-corrected chi connectivity index (χ3v) is 3.67. The van der Waals surface area contributed by atoms with Crippen LogP contribution in [0.5, 0.6) is 5.75 Å². The molecule has 0 unspecified atom stereocenters. The largest absolute Gasteiger partial charge is 0.496 e. The highest BCUT2D eigenvalue weighted by Gasteiger charge is 2.08. The van der Waals surface area contributed by atoms with Gasteiger partial charge in [0.05, 0.1) is 7.11 Å². The molecule has 0 aromatic heterocycles. The van der Waals surface area contributed by atoms with Gasteiger partial charge in [-0.2, -0.15) is 0 Å². The smallest absolute Gasteiger partial charge is 0.126 e. The molecule has 0 atom stereocenters. The molecular formula is C20H17FO. The fourth-order valence-electron chi connectivity index (χ4n) is 2.55. The second-order valence-electron chi connectivity index (χ2n) is 5.20. The molecular weight excluding hydrogens is 275 g/mol. The predicted octanol–water partition coefficient (Wildman–Crippen LogP) is 5.09. The molecule has 1 nitrogen and oxygen atoms in total. The maximum Gasteiger partial charge on any atom is 0.126 e. The number of hydrogen-bond acceptors (Lipinski definition) is 1. The van der Waals surface area contributed by atoms with Crippen LogP contribution in [0, 0.1) is 5.82 Å². The molecule has 0 aliphatic heterocycles. The molecule has 0 heterocycles. The molecule has 0 aliphatic rings. The van der Waals surface area contributed by atoms with E-state index in [4.69, 9.17) is 4.74 Å². The van der Waals surface area contributed by atoms with Crippen molar-refractivity contribution in [3.63, 3.8) is 0 Å². The van der Waals surface area contributed by atoms with Crippen LogP contribution in [0.15, 0.2) is 72.8 Å². The van der Waals surface area contributed by atoms with Crippen LogP contribution in [-0.2, 0) is 6.42 Å². The first-order valence-corrected chi connectivity index (χ1v) is 7.23. The van der Waals surface area contributed by atoms with E-state index in [9.17, 15) is 4.39 Å². The van der Waals surface area contributed by atoms with Gasteiger partial charge in [-0.1, -0.05) is 48.5 Å². The summed E-state index contributed by atoms with van der Waals surface area (Å²) in [7, 11) is 1.65. The van der Waals surface area contributed by atoms with Gasteiger partial charge in [0.2, 0.25) is 0 Å². The molecule has 0 saturated heterocycles. The van der Waals surface area contributed by atoms with Crippen LogP contribution in [0.1, 0.15) is 11.1 Å².